The summed E-state index contributed by atoms with van der Waals surface area (Å²) in [5.41, 5.74) is 0.868. The minimum Gasteiger partial charge on any atom is -0.391 e. The number of nitrogens with zero attached hydrogens (tertiary/aromatic N) is 3. The standard InChI is InChI=1S/C19H25ClN4O/c20-13-5-6-15-16(11-13)21-12-22-19(15)23-14-7-9-24(10-8-14)17-3-1-2-4-18(17)25/h5-6,11-12,14,17-18,25H,1-4,7-10H2,(H,21,22,23). The highest BCUT2D eigenvalue weighted by Crippen LogP contribution is 2.28. The molecule has 2 N–H and O–H groups in total. The third-order valence-electron chi connectivity index (χ3n) is 5.63. The molecule has 1 saturated carbocycles. The fourth-order valence-corrected chi connectivity index (χ4v) is 4.40. The molecule has 0 spiro atoms. The number of fused-ring (bicyclic) bond motifs is 1. The van der Waals surface area contributed by atoms with E-state index in [0.29, 0.717) is 17.1 Å². The molecule has 25 heavy (non-hydrogen) atoms. The molecule has 1 aromatic carbocycles. The Morgan fingerprint density at radius 2 is 1.88 bits per heavy atom. The molecule has 4 rings (SSSR count). The molecule has 2 fully saturated rings. The molecule has 1 aliphatic heterocycles. The first-order chi connectivity index (χ1) is 12.2. The van der Waals surface area contributed by atoms with E-state index in [9.17, 15) is 5.11 Å². The number of aliphatic hydroxyl groups is 1. The van der Waals surface area contributed by atoms with Gasteiger partial charge < -0.3 is 10.4 Å². The van der Waals surface area contributed by atoms with Gasteiger partial charge in [0.2, 0.25) is 0 Å². The van der Waals surface area contributed by atoms with Crippen molar-refractivity contribution in [2.75, 3.05) is 18.4 Å². The Labute approximate surface area is 153 Å². The molecule has 2 aromatic rings. The summed E-state index contributed by atoms with van der Waals surface area (Å²) < 4.78 is 0. The molecule has 0 bridgehead atoms. The molecule has 1 aromatic heterocycles. The third kappa shape index (κ3) is 3.73. The number of benzene rings is 1. The first-order valence-corrected chi connectivity index (χ1v) is 9.67. The van der Waals surface area contributed by atoms with E-state index in [2.05, 4.69) is 20.2 Å². The number of hydrogen-bond acceptors (Lipinski definition) is 5. The Morgan fingerprint density at radius 1 is 1.08 bits per heavy atom. The molecule has 1 aliphatic carbocycles. The van der Waals surface area contributed by atoms with Crippen LogP contribution < -0.4 is 5.32 Å². The second-order valence-corrected chi connectivity index (χ2v) is 7.69. The third-order valence-corrected chi connectivity index (χ3v) is 5.87. The molecule has 6 heteroatoms. The summed E-state index contributed by atoms with van der Waals surface area (Å²) in [5, 5.41) is 15.6. The average molecular weight is 361 g/mol. The first-order valence-electron chi connectivity index (χ1n) is 9.29. The van der Waals surface area contributed by atoms with Crippen LogP contribution in [0.2, 0.25) is 5.02 Å². The highest BCUT2D eigenvalue weighted by Gasteiger charge is 2.31. The summed E-state index contributed by atoms with van der Waals surface area (Å²) in [5.74, 6) is 0.887. The van der Waals surface area contributed by atoms with Crippen LogP contribution in [0.5, 0.6) is 0 Å². The quantitative estimate of drug-likeness (QED) is 0.877. The predicted octanol–water partition coefficient (Wildman–Crippen LogP) is 3.46. The topological polar surface area (TPSA) is 61.3 Å². The van der Waals surface area contributed by atoms with Gasteiger partial charge in [0.05, 0.1) is 11.6 Å². The molecule has 2 heterocycles. The fourth-order valence-electron chi connectivity index (χ4n) is 4.23. The molecular weight excluding hydrogens is 336 g/mol. The second kappa shape index (κ2) is 7.44. The molecule has 1 saturated heterocycles. The van der Waals surface area contributed by atoms with Gasteiger partial charge in [-0.1, -0.05) is 24.4 Å². The van der Waals surface area contributed by atoms with E-state index < -0.39 is 0 Å². The lowest BCUT2D eigenvalue weighted by molar-refractivity contribution is 0.00993. The van der Waals surface area contributed by atoms with E-state index >= 15 is 0 Å². The van der Waals surface area contributed by atoms with E-state index in [1.165, 1.54) is 12.8 Å². The van der Waals surface area contributed by atoms with Crippen LogP contribution in [0.4, 0.5) is 5.82 Å². The van der Waals surface area contributed by atoms with Gasteiger partial charge in [-0.05, 0) is 43.9 Å². The maximum absolute atomic E-state index is 10.3. The zero-order chi connectivity index (χ0) is 17.2. The van der Waals surface area contributed by atoms with Crippen molar-refractivity contribution in [1.82, 2.24) is 14.9 Å². The van der Waals surface area contributed by atoms with Crippen LogP contribution in [0.25, 0.3) is 10.9 Å². The van der Waals surface area contributed by atoms with Gasteiger partial charge in [0, 0.05) is 35.6 Å². The number of aliphatic hydroxyl groups excluding tert-OH is 1. The molecule has 5 nitrogen and oxygen atoms in total. The van der Waals surface area contributed by atoms with Crippen molar-refractivity contribution < 1.29 is 5.11 Å². The Morgan fingerprint density at radius 3 is 2.68 bits per heavy atom. The number of likely N-dealkylation sites (tertiary alicyclic amines) is 1. The lowest BCUT2D eigenvalue weighted by Gasteiger charge is -2.41. The van der Waals surface area contributed by atoms with Gasteiger partial charge in [0.1, 0.15) is 12.1 Å². The van der Waals surface area contributed by atoms with Crippen molar-refractivity contribution in [3.8, 4) is 0 Å². The summed E-state index contributed by atoms with van der Waals surface area (Å²) in [6.45, 7) is 2.07. The number of hydrogen-bond donors (Lipinski definition) is 2. The van der Waals surface area contributed by atoms with Gasteiger partial charge in [0.15, 0.2) is 0 Å². The van der Waals surface area contributed by atoms with Crippen molar-refractivity contribution in [2.24, 2.45) is 0 Å². The van der Waals surface area contributed by atoms with Gasteiger partial charge in [-0.3, -0.25) is 4.90 Å². The zero-order valence-corrected chi connectivity index (χ0v) is 15.1. The molecule has 2 unspecified atom stereocenters. The summed E-state index contributed by atoms with van der Waals surface area (Å²) in [6, 6.07) is 6.50. The minimum absolute atomic E-state index is 0.145. The van der Waals surface area contributed by atoms with Crippen LogP contribution in [-0.4, -0.2) is 51.3 Å². The SMILES string of the molecule is OC1CCCCC1N1CCC(Nc2ncnc3cc(Cl)ccc23)CC1. The van der Waals surface area contributed by atoms with Crippen molar-refractivity contribution in [2.45, 2.75) is 56.7 Å². The number of anilines is 1. The Balaban J connectivity index is 1.40. The second-order valence-electron chi connectivity index (χ2n) is 7.26. The summed E-state index contributed by atoms with van der Waals surface area (Å²) in [4.78, 5) is 11.2. The van der Waals surface area contributed by atoms with Crippen molar-refractivity contribution in [3.05, 3.63) is 29.5 Å². The van der Waals surface area contributed by atoms with Crippen LogP contribution in [-0.2, 0) is 0 Å². The Hall–Kier alpha value is -1.43. The van der Waals surface area contributed by atoms with Gasteiger partial charge >= 0.3 is 0 Å². The first kappa shape index (κ1) is 17.0. The normalized spacial score (nSPS) is 26.0. The highest BCUT2D eigenvalue weighted by molar-refractivity contribution is 6.31. The largest absolute Gasteiger partial charge is 0.391 e. The number of piperidine rings is 1. The summed E-state index contributed by atoms with van der Waals surface area (Å²) in [7, 11) is 0. The zero-order valence-electron chi connectivity index (χ0n) is 14.4. The minimum atomic E-state index is -0.145. The van der Waals surface area contributed by atoms with E-state index in [4.69, 9.17) is 11.6 Å². The van der Waals surface area contributed by atoms with Gasteiger partial charge in [0.25, 0.3) is 0 Å². The van der Waals surface area contributed by atoms with E-state index in [1.807, 2.05) is 18.2 Å². The highest BCUT2D eigenvalue weighted by atomic mass is 35.5. The number of rotatable bonds is 3. The molecule has 2 atom stereocenters. The van der Waals surface area contributed by atoms with Gasteiger partial charge in [-0.2, -0.15) is 0 Å². The monoisotopic (exact) mass is 360 g/mol. The van der Waals surface area contributed by atoms with Crippen LogP contribution in [0.15, 0.2) is 24.5 Å². The average Bonchev–Trinajstić information content (AvgIpc) is 2.63. The summed E-state index contributed by atoms with van der Waals surface area (Å²) >= 11 is 6.06. The van der Waals surface area contributed by atoms with Crippen LogP contribution >= 0.6 is 11.6 Å². The van der Waals surface area contributed by atoms with E-state index in [1.54, 1.807) is 6.33 Å². The lowest BCUT2D eigenvalue weighted by Crippen LogP contribution is -2.50. The molecule has 0 amide bonds. The number of halogens is 1. The number of aromatic nitrogens is 2. The van der Waals surface area contributed by atoms with E-state index in [0.717, 1.165) is 55.5 Å². The maximum Gasteiger partial charge on any atom is 0.137 e. The predicted molar refractivity (Wildman–Crippen MR) is 101 cm³/mol. The molecular formula is C19H25ClN4O. The maximum atomic E-state index is 10.3. The van der Waals surface area contributed by atoms with Crippen molar-refractivity contribution in [3.63, 3.8) is 0 Å². The van der Waals surface area contributed by atoms with Crippen molar-refractivity contribution >= 4 is 28.3 Å². The smallest absolute Gasteiger partial charge is 0.137 e. The summed E-state index contributed by atoms with van der Waals surface area (Å²) in [6.07, 6.45) is 8.10. The lowest BCUT2D eigenvalue weighted by atomic mass is 9.89. The van der Waals surface area contributed by atoms with Crippen LogP contribution in [0, 0.1) is 0 Å². The Kier molecular flexibility index (Phi) is 5.06. The number of nitrogens with one attached hydrogen (secondary N) is 1. The van der Waals surface area contributed by atoms with Crippen LogP contribution in [0.1, 0.15) is 38.5 Å². The van der Waals surface area contributed by atoms with E-state index in [-0.39, 0.29) is 6.10 Å². The van der Waals surface area contributed by atoms with Gasteiger partial charge in [-0.25, -0.2) is 9.97 Å². The fraction of sp³-hybridized carbons (Fsp3) is 0.579. The molecule has 134 valence electrons. The van der Waals surface area contributed by atoms with Crippen LogP contribution in [0.3, 0.4) is 0 Å². The Bertz CT molecular complexity index is 732. The van der Waals surface area contributed by atoms with Crippen molar-refractivity contribution in [1.29, 1.82) is 0 Å². The molecule has 0 radical (unpaired) electrons. The molecule has 2 aliphatic rings. The van der Waals surface area contributed by atoms with Gasteiger partial charge in [-0.15, -0.1) is 0 Å².